The van der Waals surface area contributed by atoms with Gasteiger partial charge >= 0.3 is 19.3 Å². The van der Waals surface area contributed by atoms with E-state index in [1.54, 1.807) is 0 Å². The molecular formula is C88H132BIN12O10S2Si4. The monoisotopic (exact) mass is 1830 g/mol. The first-order chi connectivity index (χ1) is 55.4. The number of carbonyl (C=O) groups excluding carboxylic acids is 2. The average molecular weight is 1830 g/mol. The smallest absolute Gasteiger partial charge is 0.444 e. The first kappa shape index (κ1) is 93.0. The Morgan fingerprint density at radius 2 is 0.856 bits per heavy atom. The zero-order valence-corrected chi connectivity index (χ0v) is 82.2. The Kier molecular flexibility index (Phi) is 31.0. The highest BCUT2D eigenvalue weighted by molar-refractivity contribution is 14.1. The van der Waals surface area contributed by atoms with E-state index in [1.165, 1.54) is 0 Å². The van der Waals surface area contributed by atoms with E-state index < -0.39 is 43.5 Å². The number of fused-ring (bicyclic) bond motifs is 6. The molecule has 22 nitrogen and oxygen atoms in total. The maximum absolute atomic E-state index is 13.5. The molecule has 2 aromatic carbocycles. The third-order valence-electron chi connectivity index (χ3n) is 22.1. The lowest BCUT2D eigenvalue weighted by Gasteiger charge is -2.48. The fraction of sp³-hybridized carbons (Fsp3) is 0.591. The summed E-state index contributed by atoms with van der Waals surface area (Å²) >= 11 is 6.20. The van der Waals surface area contributed by atoms with Crippen molar-refractivity contribution >= 4 is 126 Å². The summed E-state index contributed by atoms with van der Waals surface area (Å²) in [5.41, 5.74) is 8.90. The number of halogens is 1. The van der Waals surface area contributed by atoms with E-state index in [1.807, 2.05) is 157 Å². The molecule has 5 saturated heterocycles. The lowest BCUT2D eigenvalue weighted by atomic mass is 9.80. The summed E-state index contributed by atoms with van der Waals surface area (Å²) in [6, 6.07) is 37.8. The van der Waals surface area contributed by atoms with E-state index in [2.05, 4.69) is 192 Å². The average Bonchev–Trinajstić information content (AvgIpc) is 1.61. The van der Waals surface area contributed by atoms with E-state index in [9.17, 15) is 9.59 Å². The summed E-state index contributed by atoms with van der Waals surface area (Å²) < 4.78 is 54.0. The normalized spacial score (nSPS) is 20.1. The number of ether oxygens (including phenoxy) is 6. The molecular weight excluding hydrogens is 1700 g/mol. The Bertz CT molecular complexity index is 4510. The summed E-state index contributed by atoms with van der Waals surface area (Å²) in [6.45, 7) is 52.9. The minimum atomic E-state index is -1.28. The number of anilines is 2. The molecule has 5 aliphatic heterocycles. The summed E-state index contributed by atoms with van der Waals surface area (Å²) in [6.07, 6.45) is 10.5. The van der Waals surface area contributed by atoms with Gasteiger partial charge < -0.3 is 57.3 Å². The van der Waals surface area contributed by atoms with Gasteiger partial charge in [0.05, 0.1) is 38.6 Å². The molecule has 0 N–H and O–H groups in total. The highest BCUT2D eigenvalue weighted by Crippen LogP contribution is 2.45. The number of hydrogen-bond donors (Lipinski definition) is 0. The number of pyridine rings is 2. The maximum atomic E-state index is 13.5. The summed E-state index contributed by atoms with van der Waals surface area (Å²) in [5.74, 6) is 5.87. The van der Waals surface area contributed by atoms with Crippen LogP contribution in [0.2, 0.25) is 103 Å². The van der Waals surface area contributed by atoms with Gasteiger partial charge in [-0.15, -0.1) is 0 Å². The van der Waals surface area contributed by atoms with Gasteiger partial charge in [-0.05, 0) is 154 Å². The SMILES string of the molecule is CC(C)(C)OC(=O)N1C2CSCC1CC(c1cc(N(COCC[Si](C)(C)C)COCC[Si](C)(C)C)n3ncc(-c4ccc(-c5ccccc5)nc4)c3n1)C2.CC(C)(C)OC(=O)N1C2CSCC1CC(c1cc(N(COCC[Si](C)(C)C)COCC[Si](C)(C)C)n3ncc(I)c3n1)C2.CC1(C)OB(c2ccc(-c3ccccc3)nc2)OC1(C)C. The fourth-order valence-corrected chi connectivity index (χ4v) is 20.8. The molecule has 0 saturated carbocycles. The maximum Gasteiger partial charge on any atom is 0.496 e. The van der Waals surface area contributed by atoms with Crippen molar-refractivity contribution in [3.05, 3.63) is 137 Å². The molecule has 0 radical (unpaired) electrons. The second-order valence-corrected chi connectivity index (χ2v) is 65.9. The molecule has 4 unspecified atom stereocenters. The molecule has 0 aliphatic carbocycles. The molecule has 11 heterocycles. The van der Waals surface area contributed by atoms with E-state index in [0.717, 1.165) is 163 Å². The number of nitrogens with zero attached hydrogens (tertiary/aromatic N) is 12. The predicted molar refractivity (Wildman–Crippen MR) is 503 cm³/mol. The molecule has 8 aromatic rings. The largest absolute Gasteiger partial charge is 0.496 e. The molecule has 6 aromatic heterocycles. The van der Waals surface area contributed by atoms with Crippen LogP contribution in [0.15, 0.2) is 122 Å². The first-order valence-corrected chi connectivity index (χ1v) is 60.5. The standard InChI is InChI=1S/C41H60N6O4SSi2.C30H52IN5O4SSi2.C17H20BNO2/c1-41(2,3)51-40(48)46-33-21-32(22-34(46)27-52-26-33)37-23-38(45(28-49-17-19-53(4,5)6)29-50-18-20-54(7,8)9)47-39(44-37)35(25-43-47)31-15-16-36(42-24-31)30-13-11-10-12-14-30;1-30(2,3)40-29(37)35-23-14-22(15-24(35)19-41-18-23)26-16-27(36-28(33-26)25(31)17-32-36)34(20-38-10-12-42(4,5)6)21-39-11-13-43(7,8)9;1-16(2)17(3,4)21-18(20-16)14-10-11-15(19-12-14)13-8-6-5-7-9-13/h10-16,23-25,32-34H,17-22,26-29H2,1-9H3;16-17,22-24H,10-15,18-21H2,1-9H3;5-12H,1-4H3. The van der Waals surface area contributed by atoms with E-state index in [0.29, 0.717) is 40.1 Å². The Morgan fingerprint density at radius 3 is 1.21 bits per heavy atom. The molecule has 4 atom stereocenters. The van der Waals surface area contributed by atoms with E-state index in [4.69, 9.17) is 62.9 Å². The molecule has 5 fully saturated rings. The van der Waals surface area contributed by atoms with Crippen LogP contribution in [0.3, 0.4) is 0 Å². The predicted octanol–water partition coefficient (Wildman–Crippen LogP) is 19.9. The number of rotatable bonds is 28. The number of piperidine rings is 2. The van der Waals surface area contributed by atoms with Crippen LogP contribution in [0.4, 0.5) is 21.2 Å². The van der Waals surface area contributed by atoms with Crippen molar-refractivity contribution in [2.75, 3.05) is 86.2 Å². The number of thioether (sulfide) groups is 2. The Morgan fingerprint density at radius 1 is 0.492 bits per heavy atom. The van der Waals surface area contributed by atoms with Crippen molar-refractivity contribution in [1.29, 1.82) is 0 Å². The lowest BCUT2D eigenvalue weighted by Crippen LogP contribution is -2.57. The van der Waals surface area contributed by atoms with Crippen molar-refractivity contribution in [3.8, 4) is 33.6 Å². The minimum Gasteiger partial charge on any atom is -0.444 e. The highest BCUT2D eigenvalue weighted by atomic mass is 127. The third kappa shape index (κ3) is 25.9. The second kappa shape index (κ2) is 39.4. The summed E-state index contributed by atoms with van der Waals surface area (Å²) in [4.78, 5) is 55.0. The van der Waals surface area contributed by atoms with E-state index in [-0.39, 0.29) is 66.5 Å². The molecule has 13 rings (SSSR count). The van der Waals surface area contributed by atoms with Crippen LogP contribution in [-0.2, 0) is 37.7 Å². The number of amides is 2. The zero-order valence-electron chi connectivity index (χ0n) is 74.4. The van der Waals surface area contributed by atoms with Crippen LogP contribution in [0.5, 0.6) is 0 Å². The van der Waals surface area contributed by atoms with Gasteiger partial charge in [-0.1, -0.05) is 151 Å². The number of carbonyl (C=O) groups is 2. The van der Waals surface area contributed by atoms with Gasteiger partial charge in [0.1, 0.15) is 49.8 Å². The van der Waals surface area contributed by atoms with Crippen LogP contribution >= 0.6 is 46.1 Å². The van der Waals surface area contributed by atoms with Gasteiger partial charge in [-0.25, -0.2) is 19.6 Å². The van der Waals surface area contributed by atoms with Crippen LogP contribution in [0.25, 0.3) is 44.9 Å². The van der Waals surface area contributed by atoms with Crippen LogP contribution in [0.1, 0.15) is 118 Å². The molecule has 0 spiro atoms. The molecule has 5 aliphatic rings. The van der Waals surface area contributed by atoms with Gasteiger partial charge in [-0.2, -0.15) is 42.8 Å². The second-order valence-electron chi connectivity index (χ2n) is 40.1. The quantitative estimate of drug-likeness (QED) is 0.0193. The van der Waals surface area contributed by atoms with Crippen molar-refractivity contribution in [3.63, 3.8) is 0 Å². The van der Waals surface area contributed by atoms with Crippen LogP contribution in [0, 0.1) is 3.57 Å². The van der Waals surface area contributed by atoms with Gasteiger partial charge in [-0.3, -0.25) is 9.97 Å². The minimum absolute atomic E-state index is 0.0776. The van der Waals surface area contributed by atoms with Gasteiger partial charge in [0.15, 0.2) is 11.3 Å². The molecule has 2 amide bonds. The van der Waals surface area contributed by atoms with E-state index >= 15 is 0 Å². The van der Waals surface area contributed by atoms with Crippen molar-refractivity contribution in [2.24, 2.45) is 0 Å². The van der Waals surface area contributed by atoms with Crippen molar-refractivity contribution < 1.29 is 47.3 Å². The Labute approximate surface area is 729 Å². The van der Waals surface area contributed by atoms with Gasteiger partial charge in [0.25, 0.3) is 0 Å². The summed E-state index contributed by atoms with van der Waals surface area (Å²) in [7, 11) is -5.32. The van der Waals surface area contributed by atoms with Gasteiger partial charge in [0.2, 0.25) is 0 Å². The first-order valence-electron chi connectivity index (χ1n) is 42.2. The zero-order chi connectivity index (χ0) is 85.3. The third-order valence-corrected chi connectivity index (χ3v) is 32.2. The topological polar surface area (TPSA) is 207 Å². The number of aromatic nitrogens is 8. The molecule has 4 bridgehead atoms. The summed E-state index contributed by atoms with van der Waals surface area (Å²) in [5, 5.41) is 9.68. The van der Waals surface area contributed by atoms with Crippen molar-refractivity contribution in [2.45, 2.75) is 256 Å². The highest BCUT2D eigenvalue weighted by Gasteiger charge is 2.52. The molecule has 642 valence electrons. The van der Waals surface area contributed by atoms with Gasteiger partial charge in [0, 0.05) is 181 Å². The fourth-order valence-electron chi connectivity index (χ4n) is 14.7. The van der Waals surface area contributed by atoms with Crippen LogP contribution < -0.4 is 15.3 Å². The number of benzene rings is 2. The molecule has 118 heavy (non-hydrogen) atoms. The molecule has 30 heteroatoms. The number of hydrogen-bond acceptors (Lipinski definition) is 20. The Balaban J connectivity index is 0.000000189. The van der Waals surface area contributed by atoms with Crippen molar-refractivity contribution in [1.82, 2.24) is 49.0 Å². The lowest BCUT2D eigenvalue weighted by molar-refractivity contribution is -0.00404. The van der Waals surface area contributed by atoms with Crippen LogP contribution in [-0.4, -0.2) is 223 Å². The Hall–Kier alpha value is -5.76.